The maximum Gasteiger partial charge on any atom is 0.323 e. The minimum absolute atomic E-state index is 0.0467. The molecule has 0 heterocycles. The summed E-state index contributed by atoms with van der Waals surface area (Å²) in [4.78, 5) is 24.8. The van der Waals surface area contributed by atoms with Gasteiger partial charge in [-0.3, -0.25) is 0 Å². The molecule has 0 unspecified atom stereocenters. The van der Waals surface area contributed by atoms with Crippen molar-refractivity contribution >= 4 is 40.9 Å². The van der Waals surface area contributed by atoms with E-state index in [1.807, 2.05) is 43.0 Å². The van der Waals surface area contributed by atoms with Gasteiger partial charge in [-0.25, -0.2) is 9.59 Å². The molecule has 0 aliphatic heterocycles. The Morgan fingerprint density at radius 2 is 1.49 bits per heavy atom. The normalized spacial score (nSPS) is 11.6. The summed E-state index contributed by atoms with van der Waals surface area (Å²) >= 11 is 1.86. The van der Waals surface area contributed by atoms with Crippen LogP contribution in [0.5, 0.6) is 0 Å². The smallest absolute Gasteiger partial charge is 0.323 e. The van der Waals surface area contributed by atoms with Crippen LogP contribution in [0, 0.1) is 12.3 Å². The Bertz CT molecular complexity index is 981. The summed E-state index contributed by atoms with van der Waals surface area (Å²) in [6.45, 7) is 15.9. The molecule has 6 nitrogen and oxygen atoms in total. The fraction of sp³-hybridized carbons (Fsp3) is 0.500. The van der Waals surface area contributed by atoms with E-state index in [-0.39, 0.29) is 22.9 Å². The molecule has 2 aromatic rings. The lowest BCUT2D eigenvalue weighted by Gasteiger charge is -2.33. The molecule has 35 heavy (non-hydrogen) atoms. The van der Waals surface area contributed by atoms with Crippen LogP contribution in [-0.2, 0) is 5.41 Å². The number of urea groups is 2. The average molecular weight is 499 g/mol. The topological polar surface area (TPSA) is 82.3 Å². The molecule has 0 saturated heterocycles. The van der Waals surface area contributed by atoms with Gasteiger partial charge in [0.1, 0.15) is 0 Å². The van der Waals surface area contributed by atoms with Gasteiger partial charge in [0.25, 0.3) is 0 Å². The molecule has 4 amide bonds. The summed E-state index contributed by atoms with van der Waals surface area (Å²) in [6.07, 6.45) is 1.99. The fourth-order valence-electron chi connectivity index (χ4n) is 4.25. The highest BCUT2D eigenvalue weighted by Gasteiger charge is 2.27. The van der Waals surface area contributed by atoms with Crippen molar-refractivity contribution < 1.29 is 9.59 Å². The van der Waals surface area contributed by atoms with Crippen molar-refractivity contribution in [2.24, 2.45) is 5.41 Å². The standard InChI is InChI=1S/C28H42N4O2S/c1-8-35-17-9-16-29-25(33)32-24-18-23(13-10-20(24)2)31-26(34)30-22-14-11-21(12-15-22)28(6,7)19-27(3,4)5/h10-15,18H,8-9,16-17,19H2,1-7H3,(H2,29,32,33)(H2,30,31,34). The number of carbonyl (C=O) groups excluding carboxylic acids is 2. The van der Waals surface area contributed by atoms with Crippen LogP contribution in [0.15, 0.2) is 42.5 Å². The number of benzene rings is 2. The number of thioether (sulfide) groups is 1. The van der Waals surface area contributed by atoms with E-state index in [2.05, 4.69) is 74.9 Å². The fourth-order valence-corrected chi connectivity index (χ4v) is 4.88. The number of aryl methyl sites for hydroxylation is 1. The maximum absolute atomic E-state index is 12.6. The van der Waals surface area contributed by atoms with Crippen LogP contribution in [0.1, 0.15) is 65.5 Å². The lowest BCUT2D eigenvalue weighted by molar-refractivity contribution is 0.252. The molecule has 0 aromatic heterocycles. The van der Waals surface area contributed by atoms with Gasteiger partial charge in [-0.2, -0.15) is 11.8 Å². The van der Waals surface area contributed by atoms with Gasteiger partial charge in [-0.05, 0) is 77.5 Å². The second-order valence-corrected chi connectivity index (χ2v) is 12.1. The maximum atomic E-state index is 12.6. The number of carbonyl (C=O) groups is 2. The first-order valence-corrected chi connectivity index (χ1v) is 13.5. The molecule has 2 aromatic carbocycles. The van der Waals surface area contributed by atoms with Crippen LogP contribution >= 0.6 is 11.8 Å². The van der Waals surface area contributed by atoms with Crippen LogP contribution in [0.4, 0.5) is 26.7 Å². The summed E-state index contributed by atoms with van der Waals surface area (Å²) in [5.74, 6) is 2.11. The number of amides is 4. The molecule has 0 bridgehead atoms. The van der Waals surface area contributed by atoms with Crippen molar-refractivity contribution in [1.29, 1.82) is 0 Å². The molecular formula is C28H42N4O2S. The lowest BCUT2D eigenvalue weighted by Crippen LogP contribution is -2.30. The zero-order valence-corrected chi connectivity index (χ0v) is 23.1. The van der Waals surface area contributed by atoms with Crippen molar-refractivity contribution in [2.75, 3.05) is 34.0 Å². The van der Waals surface area contributed by atoms with Gasteiger partial charge in [0, 0.05) is 23.6 Å². The van der Waals surface area contributed by atoms with Gasteiger partial charge in [0.2, 0.25) is 0 Å². The van der Waals surface area contributed by atoms with Gasteiger partial charge in [-0.15, -0.1) is 0 Å². The van der Waals surface area contributed by atoms with Crippen molar-refractivity contribution in [2.45, 2.75) is 66.7 Å². The second-order valence-electron chi connectivity index (χ2n) is 10.7. The molecule has 7 heteroatoms. The summed E-state index contributed by atoms with van der Waals surface area (Å²) < 4.78 is 0. The molecule has 0 atom stereocenters. The van der Waals surface area contributed by atoms with E-state index in [1.54, 1.807) is 6.07 Å². The quantitative estimate of drug-likeness (QED) is 0.254. The Kier molecular flexibility index (Phi) is 10.5. The van der Waals surface area contributed by atoms with Crippen molar-refractivity contribution in [1.82, 2.24) is 5.32 Å². The highest BCUT2D eigenvalue weighted by atomic mass is 32.2. The Labute approximate surface area is 215 Å². The predicted octanol–water partition coefficient (Wildman–Crippen LogP) is 7.62. The number of rotatable bonds is 10. The second kappa shape index (κ2) is 12.9. The minimum atomic E-state index is -0.334. The highest BCUT2D eigenvalue weighted by Crippen LogP contribution is 2.36. The van der Waals surface area contributed by atoms with Crippen LogP contribution in [0.3, 0.4) is 0 Å². The van der Waals surface area contributed by atoms with Crippen molar-refractivity contribution in [3.8, 4) is 0 Å². The van der Waals surface area contributed by atoms with E-state index >= 15 is 0 Å². The zero-order valence-electron chi connectivity index (χ0n) is 22.3. The van der Waals surface area contributed by atoms with E-state index in [9.17, 15) is 9.59 Å². The van der Waals surface area contributed by atoms with E-state index in [0.717, 1.165) is 35.6 Å². The third-order valence-electron chi connectivity index (χ3n) is 5.60. The Morgan fingerprint density at radius 1 is 0.857 bits per heavy atom. The Morgan fingerprint density at radius 3 is 2.11 bits per heavy atom. The van der Waals surface area contributed by atoms with Crippen molar-refractivity contribution in [3.63, 3.8) is 0 Å². The molecule has 2 rings (SSSR count). The molecule has 0 fully saturated rings. The van der Waals surface area contributed by atoms with Gasteiger partial charge in [0.15, 0.2) is 0 Å². The highest BCUT2D eigenvalue weighted by molar-refractivity contribution is 7.99. The number of anilines is 3. The molecule has 0 aliphatic carbocycles. The summed E-state index contributed by atoms with van der Waals surface area (Å²) in [7, 11) is 0. The monoisotopic (exact) mass is 498 g/mol. The van der Waals surface area contributed by atoms with E-state index < -0.39 is 0 Å². The van der Waals surface area contributed by atoms with Gasteiger partial charge < -0.3 is 21.3 Å². The molecule has 192 valence electrons. The van der Waals surface area contributed by atoms with Crippen molar-refractivity contribution in [3.05, 3.63) is 53.6 Å². The van der Waals surface area contributed by atoms with E-state index in [0.29, 0.717) is 17.9 Å². The third-order valence-corrected chi connectivity index (χ3v) is 6.58. The number of hydrogen-bond acceptors (Lipinski definition) is 3. The molecule has 0 radical (unpaired) electrons. The van der Waals surface area contributed by atoms with Gasteiger partial charge >= 0.3 is 12.1 Å². The first-order valence-electron chi connectivity index (χ1n) is 12.3. The summed E-state index contributed by atoms with van der Waals surface area (Å²) in [5, 5.41) is 11.5. The SMILES string of the molecule is CCSCCCNC(=O)Nc1cc(NC(=O)Nc2ccc(C(C)(C)CC(C)(C)C)cc2)ccc1C. The zero-order chi connectivity index (χ0) is 26.1. The number of nitrogens with one attached hydrogen (secondary N) is 4. The Hall–Kier alpha value is -2.67. The van der Waals surface area contributed by atoms with Crippen LogP contribution in [-0.4, -0.2) is 30.1 Å². The van der Waals surface area contributed by atoms with Crippen LogP contribution < -0.4 is 21.3 Å². The summed E-state index contributed by atoms with van der Waals surface area (Å²) in [5.41, 5.74) is 4.43. The molecule has 4 N–H and O–H groups in total. The minimum Gasteiger partial charge on any atom is -0.338 e. The van der Waals surface area contributed by atoms with E-state index in [1.165, 1.54) is 5.56 Å². The average Bonchev–Trinajstić information content (AvgIpc) is 2.74. The molecule has 0 saturated carbocycles. The number of hydrogen-bond donors (Lipinski definition) is 4. The largest absolute Gasteiger partial charge is 0.338 e. The molecular weight excluding hydrogens is 456 g/mol. The lowest BCUT2D eigenvalue weighted by atomic mass is 9.72. The molecule has 0 aliphatic rings. The van der Waals surface area contributed by atoms with Gasteiger partial charge in [0.05, 0.1) is 0 Å². The van der Waals surface area contributed by atoms with E-state index in [4.69, 9.17) is 0 Å². The predicted molar refractivity (Wildman–Crippen MR) is 152 cm³/mol. The van der Waals surface area contributed by atoms with Crippen LogP contribution in [0.25, 0.3) is 0 Å². The summed E-state index contributed by atoms with van der Waals surface area (Å²) in [6, 6.07) is 12.9. The third kappa shape index (κ3) is 10.2. The van der Waals surface area contributed by atoms with Gasteiger partial charge in [-0.1, -0.05) is 59.7 Å². The van der Waals surface area contributed by atoms with Crippen LogP contribution in [0.2, 0.25) is 0 Å². The molecule has 0 spiro atoms. The first-order chi connectivity index (χ1) is 16.4. The first kappa shape index (κ1) is 28.6. The Balaban J connectivity index is 1.93.